The van der Waals surface area contributed by atoms with Gasteiger partial charge in [0.05, 0.1) is 12.0 Å². The van der Waals surface area contributed by atoms with Gasteiger partial charge in [-0.2, -0.15) is 5.26 Å². The van der Waals surface area contributed by atoms with E-state index in [1.54, 1.807) is 0 Å². The lowest BCUT2D eigenvalue weighted by Gasteiger charge is -2.38. The van der Waals surface area contributed by atoms with Crippen molar-refractivity contribution in [2.45, 2.75) is 32.7 Å². The zero-order valence-electron chi connectivity index (χ0n) is 9.24. The molecule has 1 aliphatic heterocycles. The highest BCUT2D eigenvalue weighted by Crippen LogP contribution is 2.22. The Balaban J connectivity index is 2.46. The zero-order chi connectivity index (χ0) is 10.6. The fraction of sp³-hybridized carbons (Fsp3) is 0.909. The maximum absolute atomic E-state index is 8.77. The van der Waals surface area contributed by atoms with Crippen molar-refractivity contribution in [1.29, 1.82) is 5.26 Å². The summed E-state index contributed by atoms with van der Waals surface area (Å²) < 4.78 is 0. The van der Waals surface area contributed by atoms with Crippen LogP contribution in [0, 0.1) is 23.2 Å². The molecule has 1 aliphatic rings. The van der Waals surface area contributed by atoms with Crippen LogP contribution in [-0.2, 0) is 0 Å². The smallest absolute Gasteiger partial charge is 0.0666 e. The fourth-order valence-electron chi connectivity index (χ4n) is 2.18. The predicted molar refractivity (Wildman–Crippen MR) is 57.6 cm³/mol. The quantitative estimate of drug-likeness (QED) is 0.736. The minimum Gasteiger partial charge on any atom is -0.329 e. The molecule has 3 heteroatoms. The van der Waals surface area contributed by atoms with Crippen LogP contribution in [-0.4, -0.2) is 30.6 Å². The van der Waals surface area contributed by atoms with Gasteiger partial charge in [0.2, 0.25) is 0 Å². The van der Waals surface area contributed by atoms with Gasteiger partial charge in [-0.25, -0.2) is 0 Å². The molecule has 80 valence electrons. The Morgan fingerprint density at radius 3 is 2.93 bits per heavy atom. The Morgan fingerprint density at radius 2 is 2.36 bits per heavy atom. The third-order valence-corrected chi connectivity index (χ3v) is 3.10. The highest BCUT2D eigenvalue weighted by atomic mass is 15.2. The number of rotatable bonds is 3. The van der Waals surface area contributed by atoms with E-state index in [-0.39, 0.29) is 5.92 Å². The van der Waals surface area contributed by atoms with Crippen molar-refractivity contribution in [3.63, 3.8) is 0 Å². The molecule has 0 saturated carbocycles. The van der Waals surface area contributed by atoms with Crippen molar-refractivity contribution >= 4 is 0 Å². The molecule has 0 radical (unpaired) electrons. The molecular formula is C11H21N3. The number of hydrogen-bond acceptors (Lipinski definition) is 3. The molecule has 3 unspecified atom stereocenters. The highest BCUT2D eigenvalue weighted by molar-refractivity contribution is 4.87. The van der Waals surface area contributed by atoms with Crippen molar-refractivity contribution in [3.05, 3.63) is 0 Å². The van der Waals surface area contributed by atoms with Crippen LogP contribution in [0.5, 0.6) is 0 Å². The van der Waals surface area contributed by atoms with Gasteiger partial charge in [0.1, 0.15) is 0 Å². The average molecular weight is 195 g/mol. The lowest BCUT2D eigenvalue weighted by Crippen LogP contribution is -2.47. The summed E-state index contributed by atoms with van der Waals surface area (Å²) in [5.74, 6) is 0.912. The van der Waals surface area contributed by atoms with Gasteiger partial charge in [-0.05, 0) is 32.2 Å². The van der Waals surface area contributed by atoms with E-state index in [4.69, 9.17) is 11.0 Å². The molecule has 0 aliphatic carbocycles. The maximum atomic E-state index is 8.77. The third-order valence-electron chi connectivity index (χ3n) is 3.10. The molecule has 1 saturated heterocycles. The normalized spacial score (nSPS) is 31.0. The van der Waals surface area contributed by atoms with Crippen LogP contribution in [0.15, 0.2) is 0 Å². The molecule has 0 aromatic carbocycles. The summed E-state index contributed by atoms with van der Waals surface area (Å²) in [5, 5.41) is 8.77. The van der Waals surface area contributed by atoms with Crippen LogP contribution in [0.4, 0.5) is 0 Å². The van der Waals surface area contributed by atoms with Gasteiger partial charge in [-0.1, -0.05) is 6.92 Å². The summed E-state index contributed by atoms with van der Waals surface area (Å²) >= 11 is 0. The first-order chi connectivity index (χ1) is 6.67. The number of nitrogens with zero attached hydrogens (tertiary/aromatic N) is 2. The van der Waals surface area contributed by atoms with E-state index in [9.17, 15) is 0 Å². The fourth-order valence-corrected chi connectivity index (χ4v) is 2.18. The third kappa shape index (κ3) is 2.97. The highest BCUT2D eigenvalue weighted by Gasteiger charge is 2.25. The minimum atomic E-state index is 0.123. The second-order valence-corrected chi connectivity index (χ2v) is 4.54. The molecule has 1 heterocycles. The van der Waals surface area contributed by atoms with Crippen molar-refractivity contribution in [1.82, 2.24) is 4.90 Å². The summed E-state index contributed by atoms with van der Waals surface area (Å²) in [4.78, 5) is 2.38. The first-order valence-corrected chi connectivity index (χ1v) is 5.51. The molecule has 0 spiro atoms. The Kier molecular flexibility index (Phi) is 4.37. The van der Waals surface area contributed by atoms with E-state index in [0.717, 1.165) is 25.6 Å². The second kappa shape index (κ2) is 5.33. The van der Waals surface area contributed by atoms with Crippen LogP contribution in [0.2, 0.25) is 0 Å². The van der Waals surface area contributed by atoms with E-state index in [1.807, 2.05) is 6.92 Å². The minimum absolute atomic E-state index is 0.123. The molecule has 0 amide bonds. The Morgan fingerprint density at radius 1 is 1.64 bits per heavy atom. The SMILES string of the molecule is CC(C#N)CN1CCC(C)CC1CN. The van der Waals surface area contributed by atoms with Crippen LogP contribution in [0.3, 0.4) is 0 Å². The topological polar surface area (TPSA) is 53.0 Å². The first kappa shape index (κ1) is 11.5. The molecule has 3 atom stereocenters. The summed E-state index contributed by atoms with van der Waals surface area (Å²) in [6.45, 7) is 6.97. The summed E-state index contributed by atoms with van der Waals surface area (Å²) in [7, 11) is 0. The predicted octanol–water partition coefficient (Wildman–Crippen LogP) is 1.21. The summed E-state index contributed by atoms with van der Waals surface area (Å²) in [5.41, 5.74) is 5.75. The Labute approximate surface area is 86.9 Å². The molecular weight excluding hydrogens is 174 g/mol. The Bertz CT molecular complexity index is 209. The molecule has 0 aromatic rings. The number of nitriles is 1. The second-order valence-electron chi connectivity index (χ2n) is 4.54. The van der Waals surface area contributed by atoms with Crippen molar-refractivity contribution in [2.75, 3.05) is 19.6 Å². The van der Waals surface area contributed by atoms with Gasteiger partial charge < -0.3 is 5.73 Å². The van der Waals surface area contributed by atoms with Gasteiger partial charge in [-0.3, -0.25) is 4.90 Å². The summed E-state index contributed by atoms with van der Waals surface area (Å²) in [6.07, 6.45) is 2.43. The molecule has 1 fully saturated rings. The monoisotopic (exact) mass is 195 g/mol. The number of piperidine rings is 1. The molecule has 3 nitrogen and oxygen atoms in total. The molecule has 14 heavy (non-hydrogen) atoms. The standard InChI is InChI=1S/C11H21N3/c1-9-3-4-14(8-10(2)6-12)11(5-9)7-13/h9-11H,3-5,7-8,13H2,1-2H3. The van der Waals surface area contributed by atoms with Gasteiger partial charge in [0, 0.05) is 19.1 Å². The van der Waals surface area contributed by atoms with Gasteiger partial charge in [0.25, 0.3) is 0 Å². The molecule has 2 N–H and O–H groups in total. The largest absolute Gasteiger partial charge is 0.329 e. The van der Waals surface area contributed by atoms with Crippen LogP contribution >= 0.6 is 0 Å². The lowest BCUT2D eigenvalue weighted by atomic mass is 9.92. The average Bonchev–Trinajstić information content (AvgIpc) is 2.20. The zero-order valence-corrected chi connectivity index (χ0v) is 9.24. The maximum Gasteiger partial charge on any atom is 0.0666 e. The van der Waals surface area contributed by atoms with Crippen molar-refractivity contribution in [2.24, 2.45) is 17.6 Å². The van der Waals surface area contributed by atoms with Gasteiger partial charge >= 0.3 is 0 Å². The van der Waals surface area contributed by atoms with E-state index >= 15 is 0 Å². The van der Waals surface area contributed by atoms with E-state index in [1.165, 1.54) is 12.8 Å². The number of hydrogen-bond donors (Lipinski definition) is 1. The van der Waals surface area contributed by atoms with Crippen LogP contribution in [0.25, 0.3) is 0 Å². The van der Waals surface area contributed by atoms with Gasteiger partial charge in [-0.15, -0.1) is 0 Å². The van der Waals surface area contributed by atoms with E-state index in [0.29, 0.717) is 6.04 Å². The molecule has 0 bridgehead atoms. The lowest BCUT2D eigenvalue weighted by molar-refractivity contribution is 0.114. The van der Waals surface area contributed by atoms with Crippen molar-refractivity contribution < 1.29 is 0 Å². The summed E-state index contributed by atoms with van der Waals surface area (Å²) in [6, 6.07) is 2.78. The van der Waals surface area contributed by atoms with Gasteiger partial charge in [0.15, 0.2) is 0 Å². The van der Waals surface area contributed by atoms with Crippen LogP contribution in [0.1, 0.15) is 26.7 Å². The molecule has 0 aromatic heterocycles. The van der Waals surface area contributed by atoms with Crippen LogP contribution < -0.4 is 5.73 Å². The number of likely N-dealkylation sites (tertiary alicyclic amines) is 1. The number of nitrogens with two attached hydrogens (primary N) is 1. The van der Waals surface area contributed by atoms with E-state index < -0.39 is 0 Å². The molecule has 1 rings (SSSR count). The van der Waals surface area contributed by atoms with Crippen molar-refractivity contribution in [3.8, 4) is 6.07 Å². The first-order valence-electron chi connectivity index (χ1n) is 5.51. The Hall–Kier alpha value is -0.590. The van der Waals surface area contributed by atoms with E-state index in [2.05, 4.69) is 17.9 Å².